The highest BCUT2D eigenvalue weighted by Gasteiger charge is 2.32. The highest BCUT2D eigenvalue weighted by Crippen LogP contribution is 2.34. The van der Waals surface area contributed by atoms with Crippen molar-refractivity contribution in [1.82, 2.24) is 19.5 Å². The summed E-state index contributed by atoms with van der Waals surface area (Å²) in [6.45, 7) is 5.37. The number of fused-ring (bicyclic) bond motifs is 1. The lowest BCUT2D eigenvalue weighted by Crippen LogP contribution is -2.17. The van der Waals surface area contributed by atoms with Crippen LogP contribution in [0.1, 0.15) is 23.6 Å². The minimum absolute atomic E-state index is 0.0397. The zero-order valence-corrected chi connectivity index (χ0v) is 18.0. The van der Waals surface area contributed by atoms with Gasteiger partial charge in [-0.25, -0.2) is 4.98 Å². The molecular formula is C21H18ClF3N4O3. The van der Waals surface area contributed by atoms with Gasteiger partial charge in [0, 0.05) is 18.0 Å². The molecule has 0 aliphatic rings. The number of nitrogens with zero attached hydrogens (tertiary/aromatic N) is 4. The molecule has 1 atom stereocenters. The van der Waals surface area contributed by atoms with Crippen LogP contribution >= 0.6 is 11.6 Å². The molecule has 11 heteroatoms. The van der Waals surface area contributed by atoms with Crippen LogP contribution in [-0.2, 0) is 6.18 Å². The highest BCUT2D eigenvalue weighted by atomic mass is 35.5. The van der Waals surface area contributed by atoms with E-state index < -0.39 is 11.7 Å². The number of hydrogen-bond donors (Lipinski definition) is 1. The molecule has 7 nitrogen and oxygen atoms in total. The predicted molar refractivity (Wildman–Crippen MR) is 111 cm³/mol. The van der Waals surface area contributed by atoms with Crippen LogP contribution in [0.2, 0.25) is 5.02 Å². The van der Waals surface area contributed by atoms with E-state index in [1.54, 1.807) is 6.92 Å². The lowest BCUT2D eigenvalue weighted by Gasteiger charge is -2.17. The summed E-state index contributed by atoms with van der Waals surface area (Å²) in [4.78, 5) is 8.56. The molecule has 0 aliphatic carbocycles. The van der Waals surface area contributed by atoms with Crippen molar-refractivity contribution in [2.75, 3.05) is 6.61 Å². The normalized spacial score (nSPS) is 13.0. The fraction of sp³-hybridized carbons (Fsp3) is 0.286. The number of imidazole rings is 1. The molecular weight excluding hydrogens is 449 g/mol. The molecule has 0 aliphatic heterocycles. The van der Waals surface area contributed by atoms with Gasteiger partial charge in [0.1, 0.15) is 17.5 Å². The molecule has 0 unspecified atom stereocenters. The fourth-order valence-corrected chi connectivity index (χ4v) is 3.52. The van der Waals surface area contributed by atoms with E-state index in [0.29, 0.717) is 11.3 Å². The molecule has 0 saturated carbocycles. The van der Waals surface area contributed by atoms with E-state index in [4.69, 9.17) is 20.9 Å². The molecule has 0 bridgehead atoms. The number of benzene rings is 1. The Labute approximate surface area is 185 Å². The number of rotatable bonds is 5. The van der Waals surface area contributed by atoms with Gasteiger partial charge in [-0.1, -0.05) is 16.8 Å². The minimum Gasteiger partial charge on any atom is -0.488 e. The quantitative estimate of drug-likeness (QED) is 0.440. The van der Waals surface area contributed by atoms with Crippen LogP contribution in [0.3, 0.4) is 0 Å². The Morgan fingerprint density at radius 2 is 1.84 bits per heavy atom. The Morgan fingerprint density at radius 1 is 1.16 bits per heavy atom. The third-order valence-corrected chi connectivity index (χ3v) is 5.05. The Kier molecular flexibility index (Phi) is 5.59. The molecule has 1 N–H and O–H groups in total. The van der Waals surface area contributed by atoms with E-state index in [1.807, 2.05) is 26.0 Å². The second kappa shape index (κ2) is 8.10. The van der Waals surface area contributed by atoms with Gasteiger partial charge >= 0.3 is 6.18 Å². The van der Waals surface area contributed by atoms with Crippen molar-refractivity contribution in [2.45, 2.75) is 33.1 Å². The lowest BCUT2D eigenvalue weighted by atomic mass is 10.1. The summed E-state index contributed by atoms with van der Waals surface area (Å²) in [5, 5.41) is 13.0. The lowest BCUT2D eigenvalue weighted by molar-refractivity contribution is -0.137. The number of hydrogen-bond acceptors (Lipinski definition) is 6. The first kappa shape index (κ1) is 22.1. The van der Waals surface area contributed by atoms with E-state index in [9.17, 15) is 18.3 Å². The summed E-state index contributed by atoms with van der Waals surface area (Å²) in [5.74, 6) is 0.986. The van der Waals surface area contributed by atoms with Gasteiger partial charge in [-0.05, 0) is 50.1 Å². The second-order valence-corrected chi connectivity index (χ2v) is 7.81. The van der Waals surface area contributed by atoms with Crippen molar-refractivity contribution in [3.8, 4) is 28.7 Å². The average molecular weight is 467 g/mol. The van der Waals surface area contributed by atoms with Gasteiger partial charge in [0.2, 0.25) is 5.82 Å². The van der Waals surface area contributed by atoms with Crippen molar-refractivity contribution in [3.63, 3.8) is 0 Å². The van der Waals surface area contributed by atoms with Gasteiger partial charge < -0.3 is 18.8 Å². The van der Waals surface area contributed by atoms with Crippen molar-refractivity contribution < 1.29 is 27.5 Å². The van der Waals surface area contributed by atoms with Gasteiger partial charge in [-0.3, -0.25) is 0 Å². The first-order chi connectivity index (χ1) is 15.1. The SMILES string of the molecule is Cc1cc(-c2noc(-c3cn4cc(C(F)(F)F)cc(Cl)c4n3)n2)cc(C)c1O[C@@H](C)CO. The maximum Gasteiger partial charge on any atom is 0.417 e. The van der Waals surface area contributed by atoms with Gasteiger partial charge in [0.05, 0.1) is 17.2 Å². The van der Waals surface area contributed by atoms with Crippen molar-refractivity contribution in [3.05, 3.63) is 52.3 Å². The molecule has 0 saturated heterocycles. The van der Waals surface area contributed by atoms with Crippen molar-refractivity contribution in [2.24, 2.45) is 0 Å². The average Bonchev–Trinajstić information content (AvgIpc) is 3.37. The maximum atomic E-state index is 13.0. The van der Waals surface area contributed by atoms with Gasteiger partial charge in [0.25, 0.3) is 5.89 Å². The number of pyridine rings is 1. The maximum absolute atomic E-state index is 13.0. The van der Waals surface area contributed by atoms with E-state index >= 15 is 0 Å². The molecule has 4 aromatic rings. The monoisotopic (exact) mass is 466 g/mol. The Morgan fingerprint density at radius 3 is 2.47 bits per heavy atom. The highest BCUT2D eigenvalue weighted by molar-refractivity contribution is 6.33. The van der Waals surface area contributed by atoms with E-state index in [0.717, 1.165) is 23.4 Å². The molecule has 0 radical (unpaired) electrons. The van der Waals surface area contributed by atoms with Crippen LogP contribution in [-0.4, -0.2) is 37.3 Å². The van der Waals surface area contributed by atoms with Crippen LogP contribution in [0.4, 0.5) is 13.2 Å². The van der Waals surface area contributed by atoms with E-state index in [2.05, 4.69) is 15.1 Å². The van der Waals surface area contributed by atoms with Gasteiger partial charge in [0.15, 0.2) is 5.65 Å². The number of aliphatic hydroxyl groups is 1. The topological polar surface area (TPSA) is 85.7 Å². The molecule has 0 amide bonds. The molecule has 1 aromatic carbocycles. The Bertz CT molecular complexity index is 1280. The molecule has 3 heterocycles. The zero-order valence-electron chi connectivity index (χ0n) is 17.2. The molecule has 0 spiro atoms. The molecule has 0 fully saturated rings. The number of aryl methyl sites for hydroxylation is 2. The minimum atomic E-state index is -4.54. The summed E-state index contributed by atoms with van der Waals surface area (Å²) < 4.78 is 51.4. The predicted octanol–water partition coefficient (Wildman–Crippen LogP) is 5.10. The van der Waals surface area contributed by atoms with Crippen LogP contribution in [0.15, 0.2) is 35.1 Å². The summed E-state index contributed by atoms with van der Waals surface area (Å²) in [7, 11) is 0. The number of ether oxygens (including phenoxy) is 1. The number of aliphatic hydroxyl groups excluding tert-OH is 1. The van der Waals surface area contributed by atoms with Crippen molar-refractivity contribution in [1.29, 1.82) is 0 Å². The fourth-order valence-electron chi connectivity index (χ4n) is 3.26. The third kappa shape index (κ3) is 4.15. The summed E-state index contributed by atoms with van der Waals surface area (Å²) in [6.07, 6.45) is -2.65. The van der Waals surface area contributed by atoms with Crippen LogP contribution in [0.25, 0.3) is 28.6 Å². The van der Waals surface area contributed by atoms with E-state index in [1.165, 1.54) is 10.6 Å². The van der Waals surface area contributed by atoms with Crippen LogP contribution < -0.4 is 4.74 Å². The van der Waals surface area contributed by atoms with E-state index in [-0.39, 0.29) is 40.8 Å². The molecule has 168 valence electrons. The van der Waals surface area contributed by atoms with Gasteiger partial charge in [-0.2, -0.15) is 18.2 Å². The first-order valence-electron chi connectivity index (χ1n) is 9.55. The second-order valence-electron chi connectivity index (χ2n) is 7.40. The third-order valence-electron chi connectivity index (χ3n) is 4.77. The molecule has 32 heavy (non-hydrogen) atoms. The van der Waals surface area contributed by atoms with Crippen LogP contribution in [0, 0.1) is 13.8 Å². The largest absolute Gasteiger partial charge is 0.488 e. The zero-order chi connectivity index (χ0) is 23.2. The first-order valence-corrected chi connectivity index (χ1v) is 9.93. The van der Waals surface area contributed by atoms with Gasteiger partial charge in [-0.15, -0.1) is 0 Å². The van der Waals surface area contributed by atoms with Crippen molar-refractivity contribution >= 4 is 17.2 Å². The Hall–Kier alpha value is -3.11. The number of alkyl halides is 3. The van der Waals surface area contributed by atoms with Crippen LogP contribution in [0.5, 0.6) is 5.75 Å². The summed E-state index contributed by atoms with van der Waals surface area (Å²) >= 11 is 5.99. The molecule has 4 rings (SSSR count). The number of halogens is 4. The standard InChI is InChI=1S/C21H18ClF3N4O3/c1-10-4-13(5-11(2)17(10)31-12(3)9-30)18-27-20(32-28-18)16-8-29-7-14(21(23,24)25)6-15(22)19(29)26-16/h4-8,12,30H,9H2,1-3H3/t12-/m0/s1. The summed E-state index contributed by atoms with van der Waals surface area (Å²) in [5.41, 5.74) is 1.75. The Balaban J connectivity index is 1.68. The number of aromatic nitrogens is 4. The smallest absolute Gasteiger partial charge is 0.417 e. The summed E-state index contributed by atoms with van der Waals surface area (Å²) in [6, 6.07) is 4.45. The molecule has 3 aromatic heterocycles.